The molecule has 130 valence electrons. The molecule has 0 unspecified atom stereocenters. The lowest BCUT2D eigenvalue weighted by molar-refractivity contribution is -0.140. The lowest BCUT2D eigenvalue weighted by Gasteiger charge is -2.33. The van der Waals surface area contributed by atoms with E-state index >= 15 is 0 Å². The maximum Gasteiger partial charge on any atom is 0.227 e. The first kappa shape index (κ1) is 16.2. The van der Waals surface area contributed by atoms with Crippen LogP contribution in [0.3, 0.4) is 0 Å². The number of hydrogen-bond donors (Lipinski definition) is 0. The monoisotopic (exact) mass is 339 g/mol. The first-order valence-corrected chi connectivity index (χ1v) is 8.83. The van der Waals surface area contributed by atoms with Gasteiger partial charge in [-0.2, -0.15) is 0 Å². The van der Waals surface area contributed by atoms with E-state index in [0.29, 0.717) is 12.5 Å². The lowest BCUT2D eigenvalue weighted by atomic mass is 9.88. The predicted molar refractivity (Wildman–Crippen MR) is 92.9 cm³/mol. The van der Waals surface area contributed by atoms with Gasteiger partial charge >= 0.3 is 0 Å². The average Bonchev–Trinajstić information content (AvgIpc) is 3.04. The van der Waals surface area contributed by atoms with Crippen molar-refractivity contribution in [3.63, 3.8) is 0 Å². The van der Waals surface area contributed by atoms with Gasteiger partial charge in [-0.05, 0) is 41.7 Å². The number of piperidine rings is 1. The highest BCUT2D eigenvalue weighted by atomic mass is 19.1. The normalized spacial score (nSPS) is 23.7. The molecule has 1 aromatic carbocycles. The van der Waals surface area contributed by atoms with E-state index in [4.69, 9.17) is 0 Å². The fraction of sp³-hybridized carbons (Fsp3) is 0.400. The van der Waals surface area contributed by atoms with Crippen LogP contribution in [0, 0.1) is 17.7 Å². The molecular formula is C20H22FN3O. The number of carbonyl (C=O) groups excluding carboxylic acids is 1. The van der Waals surface area contributed by atoms with Crippen LogP contribution in [0.25, 0.3) is 0 Å². The minimum absolute atomic E-state index is 0.0888. The zero-order valence-corrected chi connectivity index (χ0v) is 14.1. The van der Waals surface area contributed by atoms with Gasteiger partial charge < -0.3 is 4.90 Å². The summed E-state index contributed by atoms with van der Waals surface area (Å²) in [6, 6.07) is 10.6. The first-order chi connectivity index (χ1) is 12.2. The van der Waals surface area contributed by atoms with Crippen molar-refractivity contribution in [1.82, 2.24) is 14.8 Å². The van der Waals surface area contributed by atoms with Crippen LogP contribution < -0.4 is 0 Å². The number of rotatable bonds is 4. The molecule has 4 rings (SSSR count). The minimum Gasteiger partial charge on any atom is -0.338 e. The zero-order chi connectivity index (χ0) is 17.2. The minimum atomic E-state index is -0.208. The second kappa shape index (κ2) is 6.92. The van der Waals surface area contributed by atoms with Gasteiger partial charge in [0, 0.05) is 45.1 Å². The molecule has 1 aromatic heterocycles. The molecule has 4 nitrogen and oxygen atoms in total. The van der Waals surface area contributed by atoms with Crippen LogP contribution in [-0.2, 0) is 17.9 Å². The van der Waals surface area contributed by atoms with E-state index in [9.17, 15) is 9.18 Å². The van der Waals surface area contributed by atoms with Crippen LogP contribution in [-0.4, -0.2) is 40.3 Å². The summed E-state index contributed by atoms with van der Waals surface area (Å²) in [5.74, 6) is 0.589. The summed E-state index contributed by atoms with van der Waals surface area (Å²) in [6.45, 7) is 4.00. The van der Waals surface area contributed by atoms with Crippen molar-refractivity contribution in [1.29, 1.82) is 0 Å². The van der Waals surface area contributed by atoms with Crippen molar-refractivity contribution >= 4 is 5.91 Å². The van der Waals surface area contributed by atoms with Gasteiger partial charge in [0.25, 0.3) is 0 Å². The topological polar surface area (TPSA) is 36.4 Å². The summed E-state index contributed by atoms with van der Waals surface area (Å²) < 4.78 is 13.0. The molecule has 25 heavy (non-hydrogen) atoms. The van der Waals surface area contributed by atoms with Gasteiger partial charge in [-0.1, -0.05) is 18.2 Å². The molecule has 0 saturated carbocycles. The van der Waals surface area contributed by atoms with Gasteiger partial charge in [-0.25, -0.2) is 4.39 Å². The number of likely N-dealkylation sites (tertiary alicyclic amines) is 2. The molecule has 0 radical (unpaired) electrons. The molecule has 2 atom stereocenters. The van der Waals surface area contributed by atoms with Crippen molar-refractivity contribution in [2.45, 2.75) is 19.5 Å². The Bertz CT molecular complexity index is 734. The highest BCUT2D eigenvalue weighted by Crippen LogP contribution is 2.33. The third-order valence-electron chi connectivity index (χ3n) is 5.33. The molecule has 5 heteroatoms. The molecule has 1 amide bonds. The highest BCUT2D eigenvalue weighted by molar-refractivity contribution is 5.80. The standard InChI is InChI=1S/C20H22FN3O/c21-18-5-3-15(4-6-18)11-23-13-17-7-9-24(20(25)19(17)14-23)12-16-2-1-8-22-10-16/h1-6,8,10,17,19H,7,9,11-14H2/t17-,19-/m0/s1. The Labute approximate surface area is 147 Å². The van der Waals surface area contributed by atoms with Crippen LogP contribution in [0.2, 0.25) is 0 Å². The van der Waals surface area contributed by atoms with Crippen LogP contribution in [0.15, 0.2) is 48.8 Å². The number of aromatic nitrogens is 1. The second-order valence-electron chi connectivity index (χ2n) is 7.10. The highest BCUT2D eigenvalue weighted by Gasteiger charge is 2.42. The van der Waals surface area contributed by atoms with Crippen LogP contribution >= 0.6 is 0 Å². The van der Waals surface area contributed by atoms with Crippen molar-refractivity contribution < 1.29 is 9.18 Å². The fourth-order valence-electron chi connectivity index (χ4n) is 4.05. The van der Waals surface area contributed by atoms with Gasteiger partial charge in [0.15, 0.2) is 0 Å². The van der Waals surface area contributed by atoms with Crippen molar-refractivity contribution in [3.8, 4) is 0 Å². The van der Waals surface area contributed by atoms with Crippen LogP contribution in [0.1, 0.15) is 17.5 Å². The van der Waals surface area contributed by atoms with E-state index < -0.39 is 0 Å². The van der Waals surface area contributed by atoms with Crippen LogP contribution in [0.5, 0.6) is 0 Å². The molecular weight excluding hydrogens is 317 g/mol. The molecule has 2 aromatic rings. The summed E-state index contributed by atoms with van der Waals surface area (Å²) >= 11 is 0. The molecule has 2 aliphatic heterocycles. The maximum atomic E-state index is 13.0. The van der Waals surface area contributed by atoms with E-state index in [2.05, 4.69) is 9.88 Å². The Morgan fingerprint density at radius 3 is 2.68 bits per heavy atom. The second-order valence-corrected chi connectivity index (χ2v) is 7.10. The van der Waals surface area contributed by atoms with E-state index in [-0.39, 0.29) is 17.6 Å². The zero-order valence-electron chi connectivity index (χ0n) is 14.1. The van der Waals surface area contributed by atoms with Crippen molar-refractivity contribution in [2.24, 2.45) is 11.8 Å². The molecule has 0 bridgehead atoms. The van der Waals surface area contributed by atoms with Crippen LogP contribution in [0.4, 0.5) is 4.39 Å². The van der Waals surface area contributed by atoms with Gasteiger partial charge in [0.2, 0.25) is 5.91 Å². The van der Waals surface area contributed by atoms with E-state index in [1.807, 2.05) is 35.4 Å². The Hall–Kier alpha value is -2.27. The van der Waals surface area contributed by atoms with E-state index in [1.165, 1.54) is 12.1 Å². The fourth-order valence-corrected chi connectivity index (χ4v) is 4.05. The number of fused-ring (bicyclic) bond motifs is 1. The average molecular weight is 339 g/mol. The Kier molecular flexibility index (Phi) is 4.49. The van der Waals surface area contributed by atoms with Crippen molar-refractivity contribution in [2.75, 3.05) is 19.6 Å². The lowest BCUT2D eigenvalue weighted by Crippen LogP contribution is -2.44. The number of amides is 1. The molecule has 2 aliphatic rings. The van der Waals surface area contributed by atoms with Gasteiger partial charge in [-0.15, -0.1) is 0 Å². The largest absolute Gasteiger partial charge is 0.338 e. The SMILES string of the molecule is O=C1[C@H]2CN(Cc3ccc(F)cc3)C[C@@H]2CCN1Cc1cccnc1. The first-order valence-electron chi connectivity index (χ1n) is 8.83. The summed E-state index contributed by atoms with van der Waals surface area (Å²) in [5, 5.41) is 0. The number of hydrogen-bond acceptors (Lipinski definition) is 3. The third kappa shape index (κ3) is 3.56. The summed E-state index contributed by atoms with van der Waals surface area (Å²) in [4.78, 5) is 21.3. The molecule has 0 spiro atoms. The Balaban J connectivity index is 1.39. The molecule has 3 heterocycles. The molecule has 2 fully saturated rings. The van der Waals surface area contributed by atoms with Crippen molar-refractivity contribution in [3.05, 3.63) is 65.7 Å². The van der Waals surface area contributed by atoms with E-state index in [1.54, 1.807) is 6.20 Å². The van der Waals surface area contributed by atoms with Gasteiger partial charge in [0.05, 0.1) is 5.92 Å². The molecule has 0 aliphatic carbocycles. The van der Waals surface area contributed by atoms with E-state index in [0.717, 1.165) is 43.7 Å². The van der Waals surface area contributed by atoms with Gasteiger partial charge in [0.1, 0.15) is 5.82 Å². The number of nitrogens with zero attached hydrogens (tertiary/aromatic N) is 3. The predicted octanol–water partition coefficient (Wildman–Crippen LogP) is 2.70. The Morgan fingerprint density at radius 2 is 1.92 bits per heavy atom. The number of pyridine rings is 1. The smallest absolute Gasteiger partial charge is 0.227 e. The molecule has 0 N–H and O–H groups in total. The maximum absolute atomic E-state index is 13.0. The summed E-state index contributed by atoms with van der Waals surface area (Å²) in [5.41, 5.74) is 2.18. The van der Waals surface area contributed by atoms with Gasteiger partial charge in [-0.3, -0.25) is 14.7 Å². The number of carbonyl (C=O) groups is 1. The third-order valence-corrected chi connectivity index (χ3v) is 5.33. The Morgan fingerprint density at radius 1 is 1.08 bits per heavy atom. The molecule has 2 saturated heterocycles. The number of halogens is 1. The quantitative estimate of drug-likeness (QED) is 0.859. The summed E-state index contributed by atoms with van der Waals surface area (Å²) in [6.07, 6.45) is 4.63. The number of benzene rings is 1. The summed E-state index contributed by atoms with van der Waals surface area (Å²) in [7, 11) is 0.